The number of aryl methyl sites for hydroxylation is 1. The van der Waals surface area contributed by atoms with E-state index in [1.807, 2.05) is 0 Å². The normalized spacial score (nSPS) is 11.0. The minimum atomic E-state index is -0.952. The van der Waals surface area contributed by atoms with Crippen molar-refractivity contribution < 1.29 is 9.90 Å². The highest BCUT2D eigenvalue weighted by atomic mass is 35.5. The SMILES string of the molecule is Cn1ncnc1CNc1nc(Cl)nc2ccn(CC(=O)O)c12. The van der Waals surface area contributed by atoms with Gasteiger partial charge >= 0.3 is 5.97 Å². The highest BCUT2D eigenvalue weighted by Crippen LogP contribution is 2.23. The van der Waals surface area contributed by atoms with Crippen LogP contribution < -0.4 is 5.32 Å². The molecule has 22 heavy (non-hydrogen) atoms. The van der Waals surface area contributed by atoms with Gasteiger partial charge in [-0.05, 0) is 17.7 Å². The monoisotopic (exact) mass is 321 g/mol. The van der Waals surface area contributed by atoms with Crippen molar-refractivity contribution in [3.05, 3.63) is 29.7 Å². The Morgan fingerprint density at radius 3 is 2.95 bits per heavy atom. The van der Waals surface area contributed by atoms with Gasteiger partial charge in [0.1, 0.15) is 24.2 Å². The van der Waals surface area contributed by atoms with Gasteiger partial charge in [-0.1, -0.05) is 0 Å². The lowest BCUT2D eigenvalue weighted by molar-refractivity contribution is -0.137. The second kappa shape index (κ2) is 5.60. The van der Waals surface area contributed by atoms with Crippen molar-refractivity contribution in [3.63, 3.8) is 0 Å². The largest absolute Gasteiger partial charge is 0.480 e. The number of anilines is 1. The van der Waals surface area contributed by atoms with Crippen LogP contribution in [0.1, 0.15) is 5.82 Å². The van der Waals surface area contributed by atoms with E-state index in [1.54, 1.807) is 28.6 Å². The summed E-state index contributed by atoms with van der Waals surface area (Å²) in [5, 5.41) is 16.1. The van der Waals surface area contributed by atoms with Gasteiger partial charge in [-0.3, -0.25) is 9.48 Å². The van der Waals surface area contributed by atoms with E-state index >= 15 is 0 Å². The molecule has 0 aliphatic carbocycles. The van der Waals surface area contributed by atoms with Gasteiger partial charge in [0.15, 0.2) is 5.82 Å². The summed E-state index contributed by atoms with van der Waals surface area (Å²) in [6, 6.07) is 1.69. The summed E-state index contributed by atoms with van der Waals surface area (Å²) in [5.74, 6) is 0.204. The van der Waals surface area contributed by atoms with Crippen molar-refractivity contribution >= 4 is 34.4 Å². The van der Waals surface area contributed by atoms with Crippen molar-refractivity contribution in [1.29, 1.82) is 0 Å². The third-order valence-electron chi connectivity index (χ3n) is 3.11. The minimum Gasteiger partial charge on any atom is -0.480 e. The molecule has 0 aliphatic heterocycles. The van der Waals surface area contributed by atoms with Crippen LogP contribution in [-0.4, -0.2) is 40.4 Å². The van der Waals surface area contributed by atoms with Crippen LogP contribution in [0.2, 0.25) is 5.28 Å². The quantitative estimate of drug-likeness (QED) is 0.672. The van der Waals surface area contributed by atoms with Crippen LogP contribution in [-0.2, 0) is 24.9 Å². The van der Waals surface area contributed by atoms with Gasteiger partial charge < -0.3 is 15.0 Å². The number of rotatable bonds is 5. The Bertz CT molecular complexity index is 841. The Labute approximate surface area is 129 Å². The predicted molar refractivity (Wildman–Crippen MR) is 78.5 cm³/mol. The maximum atomic E-state index is 10.9. The average Bonchev–Trinajstić information content (AvgIpc) is 3.02. The third-order valence-corrected chi connectivity index (χ3v) is 3.28. The zero-order valence-corrected chi connectivity index (χ0v) is 12.3. The molecule has 0 aromatic carbocycles. The number of carbonyl (C=O) groups is 1. The number of hydrogen-bond acceptors (Lipinski definition) is 6. The molecule has 0 saturated heterocycles. The average molecular weight is 322 g/mol. The predicted octanol–water partition coefficient (Wildman–Crippen LogP) is 0.910. The summed E-state index contributed by atoms with van der Waals surface area (Å²) >= 11 is 5.91. The summed E-state index contributed by atoms with van der Waals surface area (Å²) < 4.78 is 3.18. The topological polar surface area (TPSA) is 111 Å². The zero-order valence-electron chi connectivity index (χ0n) is 11.6. The summed E-state index contributed by atoms with van der Waals surface area (Å²) in [7, 11) is 1.78. The molecule has 0 unspecified atom stereocenters. The van der Waals surface area contributed by atoms with Crippen molar-refractivity contribution in [3.8, 4) is 0 Å². The number of carboxylic acid groups (broad SMARTS) is 1. The second-order valence-corrected chi connectivity index (χ2v) is 4.90. The molecule has 0 fully saturated rings. The minimum absolute atomic E-state index is 0.0843. The van der Waals surface area contributed by atoms with E-state index in [0.717, 1.165) is 0 Å². The molecule has 3 heterocycles. The molecule has 10 heteroatoms. The molecule has 3 aromatic rings. The summed E-state index contributed by atoms with van der Waals surface area (Å²) in [6.07, 6.45) is 3.09. The van der Waals surface area contributed by atoms with Crippen LogP contribution in [0.5, 0.6) is 0 Å². The van der Waals surface area contributed by atoms with Gasteiger partial charge in [0.25, 0.3) is 0 Å². The van der Waals surface area contributed by atoms with Crippen LogP contribution >= 0.6 is 11.6 Å². The van der Waals surface area contributed by atoms with E-state index in [0.29, 0.717) is 29.2 Å². The maximum absolute atomic E-state index is 10.9. The number of aliphatic carboxylic acids is 1. The number of hydrogen-bond donors (Lipinski definition) is 2. The number of carboxylic acids is 1. The molecule has 0 atom stereocenters. The fourth-order valence-corrected chi connectivity index (χ4v) is 2.30. The van der Waals surface area contributed by atoms with E-state index in [4.69, 9.17) is 16.7 Å². The Balaban J connectivity index is 1.97. The van der Waals surface area contributed by atoms with Crippen LogP contribution in [0.3, 0.4) is 0 Å². The van der Waals surface area contributed by atoms with Crippen molar-refractivity contribution in [2.45, 2.75) is 13.1 Å². The van der Waals surface area contributed by atoms with Gasteiger partial charge in [0.05, 0.1) is 12.1 Å². The Morgan fingerprint density at radius 1 is 1.45 bits per heavy atom. The molecular formula is C12H12ClN7O2. The van der Waals surface area contributed by atoms with Gasteiger partial charge in [0, 0.05) is 13.2 Å². The molecule has 0 amide bonds. The second-order valence-electron chi connectivity index (χ2n) is 4.57. The van der Waals surface area contributed by atoms with E-state index in [9.17, 15) is 4.79 Å². The zero-order chi connectivity index (χ0) is 15.7. The number of aromatic nitrogens is 6. The van der Waals surface area contributed by atoms with Crippen molar-refractivity contribution in [2.24, 2.45) is 7.05 Å². The van der Waals surface area contributed by atoms with Crippen LogP contribution in [0, 0.1) is 0 Å². The van der Waals surface area contributed by atoms with E-state index in [2.05, 4.69) is 25.4 Å². The lowest BCUT2D eigenvalue weighted by Crippen LogP contribution is -2.12. The first kappa shape index (κ1) is 14.3. The molecular weight excluding hydrogens is 310 g/mol. The number of nitrogens with zero attached hydrogens (tertiary/aromatic N) is 6. The van der Waals surface area contributed by atoms with Crippen molar-refractivity contribution in [1.82, 2.24) is 29.3 Å². The van der Waals surface area contributed by atoms with Gasteiger partial charge in [-0.15, -0.1) is 0 Å². The van der Waals surface area contributed by atoms with Crippen LogP contribution in [0.25, 0.3) is 11.0 Å². The van der Waals surface area contributed by atoms with E-state index in [-0.39, 0.29) is 11.8 Å². The molecule has 3 aromatic heterocycles. The molecule has 0 spiro atoms. The summed E-state index contributed by atoms with van der Waals surface area (Å²) in [5.41, 5.74) is 1.15. The summed E-state index contributed by atoms with van der Waals surface area (Å²) in [4.78, 5) is 23.3. The molecule has 0 aliphatic rings. The fraction of sp³-hybridized carbons (Fsp3) is 0.250. The van der Waals surface area contributed by atoms with Gasteiger partial charge in [-0.25, -0.2) is 9.97 Å². The number of nitrogens with one attached hydrogen (secondary N) is 1. The molecule has 0 saturated carbocycles. The molecule has 114 valence electrons. The maximum Gasteiger partial charge on any atom is 0.323 e. The summed E-state index contributed by atoms with van der Waals surface area (Å²) in [6.45, 7) is 0.185. The number of fused-ring (bicyclic) bond motifs is 1. The van der Waals surface area contributed by atoms with E-state index in [1.165, 1.54) is 6.33 Å². The molecule has 9 nitrogen and oxygen atoms in total. The first-order valence-electron chi connectivity index (χ1n) is 6.35. The highest BCUT2D eigenvalue weighted by Gasteiger charge is 2.14. The highest BCUT2D eigenvalue weighted by molar-refractivity contribution is 6.28. The van der Waals surface area contributed by atoms with Crippen molar-refractivity contribution in [2.75, 3.05) is 5.32 Å². The number of halogens is 1. The van der Waals surface area contributed by atoms with Gasteiger partial charge in [-0.2, -0.15) is 10.1 Å². The first-order chi connectivity index (χ1) is 10.5. The molecule has 0 bridgehead atoms. The van der Waals surface area contributed by atoms with Crippen LogP contribution in [0.4, 0.5) is 5.82 Å². The molecule has 2 N–H and O–H groups in total. The van der Waals surface area contributed by atoms with Crippen LogP contribution in [0.15, 0.2) is 18.6 Å². The molecule has 0 radical (unpaired) electrons. The van der Waals surface area contributed by atoms with E-state index < -0.39 is 5.97 Å². The first-order valence-corrected chi connectivity index (χ1v) is 6.73. The fourth-order valence-electron chi connectivity index (χ4n) is 2.12. The van der Waals surface area contributed by atoms with Gasteiger partial charge in [0.2, 0.25) is 5.28 Å². The Hall–Kier alpha value is -2.68. The molecule has 3 rings (SSSR count). The Morgan fingerprint density at radius 2 is 2.27 bits per heavy atom. The lowest BCUT2D eigenvalue weighted by atomic mass is 10.4. The smallest absolute Gasteiger partial charge is 0.323 e. The lowest BCUT2D eigenvalue weighted by Gasteiger charge is -2.09. The third kappa shape index (κ3) is 2.70. The standard InChI is InChI=1S/C12H12ClN7O2/c1-19-8(15-6-16-19)4-14-11-10-7(17-12(13)18-11)2-3-20(10)5-9(21)22/h2-3,6H,4-5H2,1H3,(H,21,22)(H,14,17,18). The Kier molecular flexibility index (Phi) is 3.63.